The number of amides is 8. The molecule has 1 aromatic carbocycles. The van der Waals surface area contributed by atoms with Gasteiger partial charge in [0.05, 0.1) is 13.7 Å². The van der Waals surface area contributed by atoms with Gasteiger partial charge in [-0.2, -0.15) is 11.8 Å². The Labute approximate surface area is 380 Å². The van der Waals surface area contributed by atoms with Gasteiger partial charge in [0.1, 0.15) is 41.4 Å². The van der Waals surface area contributed by atoms with Crippen LogP contribution in [0.5, 0.6) is 0 Å². The average Bonchev–Trinajstić information content (AvgIpc) is 3.18. The summed E-state index contributed by atoms with van der Waals surface area (Å²) in [5.41, 5.74) is 4.45. The molecule has 0 unspecified atom stereocenters. The first-order valence-electron chi connectivity index (χ1n) is 21.2. The number of hydrogen-bond acceptors (Lipinski definition) is 13. The molecule has 5 atom stereocenters. The highest BCUT2D eigenvalue weighted by atomic mass is 32.2. The van der Waals surface area contributed by atoms with Crippen LogP contribution in [-0.2, 0) is 54.2 Å². The Morgan fingerprint density at radius 1 is 0.656 bits per heavy atom. The highest BCUT2D eigenvalue weighted by molar-refractivity contribution is 7.98. The van der Waals surface area contributed by atoms with Gasteiger partial charge in [0.25, 0.3) is 0 Å². The Hall–Kier alpha value is -5.60. The van der Waals surface area contributed by atoms with E-state index in [1.165, 1.54) is 11.8 Å². The zero-order valence-electron chi connectivity index (χ0n) is 38.8. The first-order valence-corrected chi connectivity index (χ1v) is 22.6. The zero-order valence-corrected chi connectivity index (χ0v) is 39.6. The van der Waals surface area contributed by atoms with E-state index in [0.29, 0.717) is 17.7 Å². The van der Waals surface area contributed by atoms with Crippen LogP contribution in [0.2, 0.25) is 0 Å². The molecule has 0 aliphatic carbocycles. The third-order valence-corrected chi connectivity index (χ3v) is 9.46. The number of carbonyl (C=O) groups is 9. The van der Waals surface area contributed by atoms with Crippen molar-refractivity contribution < 1.29 is 57.4 Å². The first kappa shape index (κ1) is 56.4. The number of carbonyl (C=O) groups excluding carboxylic acids is 9. The molecular weight excluding hydrogens is 853 g/mol. The zero-order chi connectivity index (χ0) is 48.6. The lowest BCUT2D eigenvalue weighted by atomic mass is 10.0. The Morgan fingerprint density at radius 2 is 1.20 bits per heavy atom. The van der Waals surface area contributed by atoms with E-state index in [1.807, 2.05) is 20.1 Å². The molecule has 0 fully saturated rings. The van der Waals surface area contributed by atoms with Crippen molar-refractivity contribution in [3.05, 3.63) is 35.9 Å². The average molecular weight is 923 g/mol. The molecule has 1 rings (SSSR count). The molecule has 0 radical (unpaired) electrons. The largest absolute Gasteiger partial charge is 0.469 e. The molecule has 1 aromatic rings. The Bertz CT molecular complexity index is 1720. The quantitative estimate of drug-likeness (QED) is 0.0374. The van der Waals surface area contributed by atoms with Gasteiger partial charge in [0.2, 0.25) is 35.4 Å². The van der Waals surface area contributed by atoms with Crippen LogP contribution in [0.15, 0.2) is 30.3 Å². The maximum absolute atomic E-state index is 14.0. The van der Waals surface area contributed by atoms with Gasteiger partial charge in [-0.1, -0.05) is 44.2 Å². The highest BCUT2D eigenvalue weighted by Gasteiger charge is 2.32. The summed E-state index contributed by atoms with van der Waals surface area (Å²) in [4.78, 5) is 117. The lowest BCUT2D eigenvalue weighted by Gasteiger charge is -2.26. The van der Waals surface area contributed by atoms with Gasteiger partial charge < -0.3 is 57.2 Å². The van der Waals surface area contributed by atoms with Gasteiger partial charge in [-0.15, -0.1) is 0 Å². The van der Waals surface area contributed by atoms with Crippen molar-refractivity contribution in [2.45, 2.75) is 142 Å². The number of ether oxygens (including phenoxy) is 3. The van der Waals surface area contributed by atoms with Crippen LogP contribution in [0.3, 0.4) is 0 Å². The number of thioether (sulfide) groups is 1. The van der Waals surface area contributed by atoms with Crippen LogP contribution in [0, 0.1) is 5.92 Å². The van der Waals surface area contributed by atoms with Crippen LogP contribution in [0.4, 0.5) is 9.59 Å². The van der Waals surface area contributed by atoms with Crippen molar-refractivity contribution in [3.63, 3.8) is 0 Å². The number of methoxy groups -OCH3 is 1. The van der Waals surface area contributed by atoms with Crippen molar-refractivity contribution in [1.82, 2.24) is 37.2 Å². The van der Waals surface area contributed by atoms with E-state index in [2.05, 4.69) is 37.2 Å². The normalized spacial score (nSPS) is 13.7. The van der Waals surface area contributed by atoms with Crippen LogP contribution in [0.25, 0.3) is 0 Å². The number of nitrogens with one attached hydrogen (secondary N) is 7. The first-order chi connectivity index (χ1) is 29.8. The molecular formula is C43H70N8O12S. The van der Waals surface area contributed by atoms with E-state index >= 15 is 0 Å². The van der Waals surface area contributed by atoms with Gasteiger partial charge in [-0.3, -0.25) is 33.6 Å². The summed E-state index contributed by atoms with van der Waals surface area (Å²) in [6.07, 6.45) is 0.219. The van der Waals surface area contributed by atoms with Gasteiger partial charge in [0, 0.05) is 19.4 Å². The number of nitrogens with two attached hydrogens (primary N) is 1. The molecule has 20 nitrogen and oxygen atoms in total. The number of hydrogen-bond donors (Lipinski definition) is 8. The smallest absolute Gasteiger partial charge is 0.408 e. The van der Waals surface area contributed by atoms with Crippen molar-refractivity contribution in [3.8, 4) is 0 Å². The fourth-order valence-corrected chi connectivity index (χ4v) is 6.27. The van der Waals surface area contributed by atoms with Crippen LogP contribution in [-0.4, -0.2) is 127 Å². The minimum atomic E-state index is -1.45. The molecule has 0 aliphatic heterocycles. The monoisotopic (exact) mass is 922 g/mol. The summed E-state index contributed by atoms with van der Waals surface area (Å²) in [5, 5.41) is 18.0. The predicted molar refractivity (Wildman–Crippen MR) is 240 cm³/mol. The number of esters is 1. The second-order valence-electron chi connectivity index (χ2n) is 17.4. The number of rotatable bonds is 26. The van der Waals surface area contributed by atoms with E-state index in [1.54, 1.807) is 71.9 Å². The van der Waals surface area contributed by atoms with Crippen LogP contribution >= 0.6 is 11.8 Å². The Morgan fingerprint density at radius 3 is 1.75 bits per heavy atom. The Kier molecular flexibility index (Phi) is 24.9. The molecule has 0 saturated carbocycles. The van der Waals surface area contributed by atoms with E-state index < -0.39 is 102 Å². The number of primary amides is 1. The van der Waals surface area contributed by atoms with Gasteiger partial charge in [-0.25, -0.2) is 9.59 Å². The standard InChI is InChI=1S/C43H70N8O12S/c1-26(2)23-31(39(58)48-28(35(44)54)20-22-64-10)47-33(52)25-46-36(55)32(24-27-15-12-11-13-16-27)50-38(57)30(18-19-34(53)61-9)49-37(56)29(51-41(60)63-43(6,7)8)17-14-21-45-40(59)62-42(3,4)5/h11-13,15-16,26,28-32H,14,17-25H2,1-10H3,(H2,44,54)(H,45,59)(H,46,55)(H,47,52)(H,48,58)(H,49,56)(H,50,57)(H,51,60)/t28-,29-,30-,31-,32-/m0/s1. The number of benzene rings is 1. The lowest BCUT2D eigenvalue weighted by molar-refractivity contribution is -0.141. The highest BCUT2D eigenvalue weighted by Crippen LogP contribution is 2.12. The van der Waals surface area contributed by atoms with Crippen LogP contribution < -0.4 is 43.0 Å². The topological polar surface area (TPSA) is 292 Å². The summed E-state index contributed by atoms with van der Waals surface area (Å²) in [5.74, 6) is -4.75. The van der Waals surface area contributed by atoms with Gasteiger partial charge in [0.15, 0.2) is 0 Å². The van der Waals surface area contributed by atoms with E-state index in [0.717, 1.165) is 7.11 Å². The van der Waals surface area contributed by atoms with E-state index in [4.69, 9.17) is 19.9 Å². The summed E-state index contributed by atoms with van der Waals surface area (Å²) in [6.45, 7) is 13.2. The van der Waals surface area contributed by atoms with Crippen molar-refractivity contribution >= 4 is 65.4 Å². The maximum Gasteiger partial charge on any atom is 0.408 e. The van der Waals surface area contributed by atoms with E-state index in [-0.39, 0.29) is 51.0 Å². The Balaban J connectivity index is 3.33. The molecule has 360 valence electrons. The summed E-state index contributed by atoms with van der Waals surface area (Å²) < 4.78 is 15.4. The second-order valence-corrected chi connectivity index (χ2v) is 18.4. The fraction of sp³-hybridized carbons (Fsp3) is 0.651. The minimum absolute atomic E-state index is 0.0310. The molecule has 21 heteroatoms. The van der Waals surface area contributed by atoms with E-state index in [9.17, 15) is 43.2 Å². The molecule has 0 heterocycles. The van der Waals surface area contributed by atoms with Crippen molar-refractivity contribution in [2.75, 3.05) is 32.2 Å². The third kappa shape index (κ3) is 24.9. The summed E-state index contributed by atoms with van der Waals surface area (Å²) in [7, 11) is 1.15. The van der Waals surface area contributed by atoms with Crippen LogP contribution in [0.1, 0.15) is 99.5 Å². The van der Waals surface area contributed by atoms with Crippen molar-refractivity contribution in [1.29, 1.82) is 0 Å². The molecule has 9 N–H and O–H groups in total. The fourth-order valence-electron chi connectivity index (χ4n) is 5.80. The predicted octanol–water partition coefficient (Wildman–Crippen LogP) is 1.72. The van der Waals surface area contributed by atoms with Gasteiger partial charge in [-0.05, 0) is 97.1 Å². The lowest BCUT2D eigenvalue weighted by Crippen LogP contribution is -2.58. The molecule has 0 aliphatic rings. The SMILES string of the molecule is COC(=O)CC[C@H](NC(=O)[C@H](CCCNC(=O)OC(C)(C)C)NC(=O)OC(C)(C)C)C(=O)N[C@@H](Cc1ccccc1)C(=O)NCC(=O)N[C@@H](CC(C)C)C(=O)N[C@@H](CCSC)C(N)=O. The maximum atomic E-state index is 14.0. The molecule has 0 aromatic heterocycles. The molecule has 8 amide bonds. The molecule has 0 saturated heterocycles. The number of alkyl carbamates (subject to hydrolysis) is 2. The second kappa shape index (κ2) is 28.2. The molecule has 0 bridgehead atoms. The minimum Gasteiger partial charge on any atom is -0.469 e. The van der Waals surface area contributed by atoms with Crippen molar-refractivity contribution in [2.24, 2.45) is 11.7 Å². The summed E-state index contributed by atoms with van der Waals surface area (Å²) >= 11 is 1.47. The molecule has 64 heavy (non-hydrogen) atoms. The third-order valence-electron chi connectivity index (χ3n) is 8.81. The van der Waals surface area contributed by atoms with Gasteiger partial charge >= 0.3 is 18.2 Å². The molecule has 0 spiro atoms. The summed E-state index contributed by atoms with van der Waals surface area (Å²) in [6, 6.07) is 2.58.